The number of nitrogens with zero attached hydrogens (tertiary/aromatic N) is 1. The van der Waals surface area contributed by atoms with Crippen LogP contribution in [0.15, 0.2) is 0 Å². The zero-order valence-corrected chi connectivity index (χ0v) is 9.73. The van der Waals surface area contributed by atoms with Crippen LogP contribution in [0.2, 0.25) is 0 Å². The lowest BCUT2D eigenvalue weighted by Gasteiger charge is -2.26. The summed E-state index contributed by atoms with van der Waals surface area (Å²) < 4.78 is 9.33. The number of carbonyl (C=O) groups is 2. The Morgan fingerprint density at radius 3 is 2.31 bits per heavy atom. The van der Waals surface area contributed by atoms with Gasteiger partial charge in [0.1, 0.15) is 0 Å². The summed E-state index contributed by atoms with van der Waals surface area (Å²) in [6.45, 7) is 4.91. The van der Waals surface area contributed by atoms with Crippen molar-refractivity contribution in [3.63, 3.8) is 0 Å². The molecule has 0 aliphatic carbocycles. The van der Waals surface area contributed by atoms with Gasteiger partial charge in [0, 0.05) is 0 Å². The molecule has 2 amide bonds. The van der Waals surface area contributed by atoms with Crippen LogP contribution in [0.3, 0.4) is 0 Å². The molecule has 0 aliphatic heterocycles. The zero-order chi connectivity index (χ0) is 12.6. The second-order valence-corrected chi connectivity index (χ2v) is 2.93. The summed E-state index contributed by atoms with van der Waals surface area (Å²) >= 11 is 0. The van der Waals surface area contributed by atoms with Gasteiger partial charge in [-0.05, 0) is 20.8 Å². The molecule has 0 radical (unpaired) electrons. The molecule has 0 spiro atoms. The fraction of sp³-hybridized carbons (Fsp3) is 0.778. The van der Waals surface area contributed by atoms with Gasteiger partial charge in [0.25, 0.3) is 0 Å². The van der Waals surface area contributed by atoms with Crippen LogP contribution in [-0.4, -0.2) is 48.2 Å². The summed E-state index contributed by atoms with van der Waals surface area (Å²) in [5.74, 6) is 0. The molecule has 0 bridgehead atoms. The fourth-order valence-electron chi connectivity index (χ4n) is 0.872. The van der Waals surface area contributed by atoms with Gasteiger partial charge < -0.3 is 14.6 Å². The molecule has 1 atom stereocenters. The molecule has 0 rings (SSSR count). The third-order valence-corrected chi connectivity index (χ3v) is 1.66. The summed E-state index contributed by atoms with van der Waals surface area (Å²) in [6.07, 6.45) is -1.51. The number of ether oxygens (including phenoxy) is 2. The number of nitrogens with one attached hydrogen (secondary N) is 1. The zero-order valence-electron chi connectivity index (χ0n) is 9.73. The highest BCUT2D eigenvalue weighted by atomic mass is 16.6. The quantitative estimate of drug-likeness (QED) is 0.691. The Morgan fingerprint density at radius 1 is 1.31 bits per heavy atom. The van der Waals surface area contributed by atoms with Crippen LogP contribution in [0.1, 0.15) is 20.8 Å². The second-order valence-electron chi connectivity index (χ2n) is 2.93. The third kappa shape index (κ3) is 4.83. The van der Waals surface area contributed by atoms with Crippen molar-refractivity contribution in [2.75, 3.05) is 19.8 Å². The molecule has 2 N–H and O–H groups in total. The van der Waals surface area contributed by atoms with Crippen molar-refractivity contribution < 1.29 is 24.2 Å². The molecule has 0 unspecified atom stereocenters. The molecule has 0 aliphatic rings. The van der Waals surface area contributed by atoms with Crippen molar-refractivity contribution in [2.45, 2.75) is 26.8 Å². The number of aliphatic hydroxyl groups excluding tert-OH is 1. The van der Waals surface area contributed by atoms with E-state index in [-0.39, 0.29) is 19.8 Å². The molecule has 0 aromatic rings. The molecule has 0 aromatic carbocycles. The standard InChI is InChI=1S/C9H18N2O5/c1-4-15-8(13)10-11(7(3)6-12)9(14)16-5-2/h7,12H,4-6H2,1-3H3,(H,10,13)/t7-/m1/s1. The number of amides is 2. The molecule has 16 heavy (non-hydrogen) atoms. The number of carbonyl (C=O) groups excluding carboxylic acids is 2. The van der Waals surface area contributed by atoms with Crippen LogP contribution in [0.25, 0.3) is 0 Å². The normalized spacial score (nSPS) is 11.5. The highest BCUT2D eigenvalue weighted by Gasteiger charge is 2.23. The summed E-state index contributed by atoms with van der Waals surface area (Å²) in [7, 11) is 0. The molecule has 0 fully saturated rings. The first kappa shape index (κ1) is 14.5. The van der Waals surface area contributed by atoms with E-state index in [1.54, 1.807) is 20.8 Å². The predicted molar refractivity (Wildman–Crippen MR) is 55.6 cm³/mol. The first-order valence-electron chi connectivity index (χ1n) is 5.07. The van der Waals surface area contributed by atoms with E-state index in [1.807, 2.05) is 0 Å². The molecular weight excluding hydrogens is 216 g/mol. The van der Waals surface area contributed by atoms with E-state index in [9.17, 15) is 9.59 Å². The molecule has 0 aromatic heterocycles. The van der Waals surface area contributed by atoms with Crippen LogP contribution in [-0.2, 0) is 9.47 Å². The highest BCUT2D eigenvalue weighted by Crippen LogP contribution is 1.99. The second kappa shape index (κ2) is 7.75. The van der Waals surface area contributed by atoms with E-state index in [4.69, 9.17) is 9.84 Å². The van der Waals surface area contributed by atoms with Gasteiger partial charge in [-0.2, -0.15) is 0 Å². The minimum atomic E-state index is -0.768. The van der Waals surface area contributed by atoms with Gasteiger partial charge in [-0.1, -0.05) is 0 Å². The minimum absolute atomic E-state index is 0.179. The number of rotatable bonds is 4. The van der Waals surface area contributed by atoms with E-state index in [1.165, 1.54) is 0 Å². The van der Waals surface area contributed by atoms with Crippen LogP contribution >= 0.6 is 0 Å². The molecule has 0 saturated heterocycles. The van der Waals surface area contributed by atoms with Gasteiger partial charge in [-0.3, -0.25) is 0 Å². The first-order chi connectivity index (χ1) is 7.56. The highest BCUT2D eigenvalue weighted by molar-refractivity contribution is 5.74. The van der Waals surface area contributed by atoms with Crippen LogP contribution in [0.5, 0.6) is 0 Å². The number of hydrogen-bond acceptors (Lipinski definition) is 5. The summed E-state index contributed by atoms with van der Waals surface area (Å²) in [4.78, 5) is 22.5. The predicted octanol–water partition coefficient (Wildman–Crippen LogP) is 0.487. The molecule has 0 saturated carbocycles. The van der Waals surface area contributed by atoms with Crippen molar-refractivity contribution in [1.29, 1.82) is 0 Å². The fourth-order valence-corrected chi connectivity index (χ4v) is 0.872. The van der Waals surface area contributed by atoms with E-state index in [0.29, 0.717) is 0 Å². The van der Waals surface area contributed by atoms with Crippen molar-refractivity contribution in [1.82, 2.24) is 10.4 Å². The molecule has 94 valence electrons. The summed E-state index contributed by atoms with van der Waals surface area (Å²) in [5, 5.41) is 9.81. The van der Waals surface area contributed by atoms with Crippen molar-refractivity contribution in [3.8, 4) is 0 Å². The van der Waals surface area contributed by atoms with Crippen LogP contribution < -0.4 is 5.43 Å². The van der Waals surface area contributed by atoms with Gasteiger partial charge >= 0.3 is 12.2 Å². The summed E-state index contributed by atoms with van der Waals surface area (Å²) in [6, 6.07) is -0.594. The number of aliphatic hydroxyl groups is 1. The average Bonchev–Trinajstić information content (AvgIpc) is 2.25. The molecular formula is C9H18N2O5. The Balaban J connectivity index is 4.42. The smallest absolute Gasteiger partial charge is 0.429 e. The van der Waals surface area contributed by atoms with Crippen molar-refractivity contribution in [2.24, 2.45) is 0 Å². The maximum atomic E-state index is 11.4. The van der Waals surface area contributed by atoms with Gasteiger partial charge in [0.15, 0.2) is 0 Å². The van der Waals surface area contributed by atoms with E-state index in [0.717, 1.165) is 5.01 Å². The van der Waals surface area contributed by atoms with Gasteiger partial charge in [-0.25, -0.2) is 20.0 Å². The van der Waals surface area contributed by atoms with Crippen LogP contribution in [0.4, 0.5) is 9.59 Å². The number of hydrazine groups is 1. The van der Waals surface area contributed by atoms with E-state index < -0.39 is 18.2 Å². The van der Waals surface area contributed by atoms with Gasteiger partial charge in [0.2, 0.25) is 0 Å². The molecule has 7 nitrogen and oxygen atoms in total. The van der Waals surface area contributed by atoms with E-state index >= 15 is 0 Å². The Labute approximate surface area is 94.3 Å². The van der Waals surface area contributed by atoms with E-state index in [2.05, 4.69) is 10.2 Å². The average molecular weight is 234 g/mol. The van der Waals surface area contributed by atoms with Gasteiger partial charge in [-0.15, -0.1) is 0 Å². The van der Waals surface area contributed by atoms with Gasteiger partial charge in [0.05, 0.1) is 25.9 Å². The van der Waals surface area contributed by atoms with Crippen molar-refractivity contribution in [3.05, 3.63) is 0 Å². The monoisotopic (exact) mass is 234 g/mol. The Bertz CT molecular complexity index is 234. The van der Waals surface area contributed by atoms with Crippen LogP contribution in [0, 0.1) is 0 Å². The maximum absolute atomic E-state index is 11.4. The lowest BCUT2D eigenvalue weighted by atomic mass is 10.3. The van der Waals surface area contributed by atoms with Crippen molar-refractivity contribution >= 4 is 12.2 Å². The Kier molecular flexibility index (Phi) is 7.02. The molecule has 0 heterocycles. The minimum Gasteiger partial charge on any atom is -0.449 e. The lowest BCUT2D eigenvalue weighted by molar-refractivity contribution is 0.0443. The number of hydrogen-bond donors (Lipinski definition) is 2. The Morgan fingerprint density at radius 2 is 1.88 bits per heavy atom. The largest absolute Gasteiger partial charge is 0.449 e. The lowest BCUT2D eigenvalue weighted by Crippen LogP contribution is -2.52. The Hall–Kier alpha value is -1.50. The SMILES string of the molecule is CCOC(=O)NN(C(=O)OCC)[C@H](C)CO. The molecule has 7 heteroatoms. The first-order valence-corrected chi connectivity index (χ1v) is 5.07. The summed E-state index contributed by atoms with van der Waals surface area (Å²) in [5.41, 5.74) is 2.19. The maximum Gasteiger partial charge on any atom is 0.429 e. The topological polar surface area (TPSA) is 88.1 Å². The third-order valence-electron chi connectivity index (χ3n) is 1.66.